The number of hydrogen-bond donors (Lipinski definition) is 1. The second kappa shape index (κ2) is 6.22. The summed E-state index contributed by atoms with van der Waals surface area (Å²) >= 11 is 0. The van der Waals surface area contributed by atoms with Crippen LogP contribution in [0.3, 0.4) is 0 Å². The molecule has 4 aromatic carbocycles. The number of aryl methyl sites for hydroxylation is 2. The van der Waals surface area contributed by atoms with Gasteiger partial charge in [-0.05, 0) is 70.5 Å². The van der Waals surface area contributed by atoms with Crippen LogP contribution in [0.2, 0.25) is 0 Å². The Bertz CT molecular complexity index is 1240. The zero-order valence-electron chi connectivity index (χ0n) is 16.9. The molecule has 2 aliphatic rings. The SMILES string of the molecule is Cc1cc(C)c2c(c1)[C@@H]1C=CC[C@@H]1[C@H](c1c3ccccc3cc3ccccc13)N2. The molecule has 1 N–H and O–H groups in total. The molecule has 1 aliphatic heterocycles. The van der Waals surface area contributed by atoms with Crippen molar-refractivity contribution in [2.45, 2.75) is 32.2 Å². The molecular formula is C28H25N. The van der Waals surface area contributed by atoms with Gasteiger partial charge in [-0.1, -0.05) is 78.4 Å². The second-order valence-electron chi connectivity index (χ2n) is 8.75. The van der Waals surface area contributed by atoms with Gasteiger partial charge in [-0.25, -0.2) is 0 Å². The van der Waals surface area contributed by atoms with E-state index >= 15 is 0 Å². The van der Waals surface area contributed by atoms with E-state index in [4.69, 9.17) is 0 Å². The summed E-state index contributed by atoms with van der Waals surface area (Å²) in [6, 6.07) is 25.1. The van der Waals surface area contributed by atoms with Crippen molar-refractivity contribution in [1.82, 2.24) is 0 Å². The van der Waals surface area contributed by atoms with E-state index in [0.717, 1.165) is 6.42 Å². The normalized spacial score (nSPS) is 22.5. The van der Waals surface area contributed by atoms with Gasteiger partial charge in [-0.15, -0.1) is 0 Å². The minimum Gasteiger partial charge on any atom is -0.377 e. The summed E-state index contributed by atoms with van der Waals surface area (Å²) in [5.41, 5.74) is 6.99. The van der Waals surface area contributed by atoms with Gasteiger partial charge in [0.15, 0.2) is 0 Å². The molecule has 0 radical (unpaired) electrons. The standard InChI is InChI=1S/C28H25N/c1-17-14-18(2)27-25(15-17)23-12-7-13-24(23)28(29-27)26-21-10-5-3-8-19(21)16-20-9-4-6-11-22(20)26/h3-12,14-16,23-24,28-29H,13H2,1-2H3/t23-,24+,28-/m1/s1. The Hall–Kier alpha value is -3.06. The maximum atomic E-state index is 4.02. The highest BCUT2D eigenvalue weighted by Crippen LogP contribution is 2.52. The molecule has 1 aliphatic carbocycles. The highest BCUT2D eigenvalue weighted by atomic mass is 15.0. The second-order valence-corrected chi connectivity index (χ2v) is 8.75. The van der Waals surface area contributed by atoms with E-state index in [1.54, 1.807) is 0 Å². The number of allylic oxidation sites excluding steroid dienone is 2. The number of hydrogen-bond acceptors (Lipinski definition) is 1. The molecule has 0 aromatic heterocycles. The van der Waals surface area contributed by atoms with Gasteiger partial charge in [0.25, 0.3) is 0 Å². The fourth-order valence-electron chi connectivity index (χ4n) is 5.74. The number of fused-ring (bicyclic) bond motifs is 5. The first-order valence-electron chi connectivity index (χ1n) is 10.7. The Morgan fingerprint density at radius 3 is 2.24 bits per heavy atom. The predicted molar refractivity (Wildman–Crippen MR) is 124 cm³/mol. The Morgan fingerprint density at radius 1 is 0.828 bits per heavy atom. The third-order valence-corrected chi connectivity index (χ3v) is 6.93. The molecule has 0 fully saturated rings. The monoisotopic (exact) mass is 375 g/mol. The maximum absolute atomic E-state index is 4.02. The molecule has 0 bridgehead atoms. The molecule has 4 aromatic rings. The van der Waals surface area contributed by atoms with E-state index < -0.39 is 0 Å². The van der Waals surface area contributed by atoms with E-state index in [9.17, 15) is 0 Å². The molecule has 0 unspecified atom stereocenters. The quantitative estimate of drug-likeness (QED) is 0.269. The van der Waals surface area contributed by atoms with Crippen molar-refractivity contribution in [2.75, 3.05) is 5.32 Å². The van der Waals surface area contributed by atoms with Gasteiger partial charge in [0, 0.05) is 11.6 Å². The molecule has 0 amide bonds. The smallest absolute Gasteiger partial charge is 0.0566 e. The first-order chi connectivity index (χ1) is 14.2. The van der Waals surface area contributed by atoms with Gasteiger partial charge >= 0.3 is 0 Å². The molecule has 1 heteroatoms. The van der Waals surface area contributed by atoms with E-state index in [1.165, 1.54) is 49.5 Å². The number of anilines is 1. The van der Waals surface area contributed by atoms with Gasteiger partial charge in [0.1, 0.15) is 0 Å². The van der Waals surface area contributed by atoms with Crippen molar-refractivity contribution < 1.29 is 0 Å². The van der Waals surface area contributed by atoms with Crippen LogP contribution in [0.25, 0.3) is 21.5 Å². The Labute approximate surface area is 172 Å². The summed E-state index contributed by atoms with van der Waals surface area (Å²) in [6.45, 7) is 4.46. The van der Waals surface area contributed by atoms with Crippen LogP contribution in [0, 0.1) is 19.8 Å². The third-order valence-electron chi connectivity index (χ3n) is 6.93. The molecule has 3 atom stereocenters. The lowest BCUT2D eigenvalue weighted by Gasteiger charge is -2.39. The van der Waals surface area contributed by atoms with Gasteiger partial charge in [0.05, 0.1) is 6.04 Å². The summed E-state index contributed by atoms with van der Waals surface area (Å²) in [5, 5.41) is 9.44. The van der Waals surface area contributed by atoms with E-state index in [1.807, 2.05) is 0 Å². The summed E-state index contributed by atoms with van der Waals surface area (Å²) in [6.07, 6.45) is 5.97. The van der Waals surface area contributed by atoms with E-state index in [-0.39, 0.29) is 0 Å². The van der Waals surface area contributed by atoms with Crippen LogP contribution in [-0.2, 0) is 0 Å². The van der Waals surface area contributed by atoms with Crippen molar-refractivity contribution in [1.29, 1.82) is 0 Å². The first kappa shape index (κ1) is 16.9. The maximum Gasteiger partial charge on any atom is 0.0566 e. The minimum atomic E-state index is 0.305. The lowest BCUT2D eigenvalue weighted by Crippen LogP contribution is -2.30. The molecule has 1 heterocycles. The van der Waals surface area contributed by atoms with Gasteiger partial charge in [0.2, 0.25) is 0 Å². The summed E-state index contributed by atoms with van der Waals surface area (Å²) in [5.74, 6) is 1.05. The lowest BCUT2D eigenvalue weighted by molar-refractivity contribution is 0.428. The van der Waals surface area contributed by atoms with Gasteiger partial charge in [-0.2, -0.15) is 0 Å². The Balaban J connectivity index is 1.65. The predicted octanol–water partition coefficient (Wildman–Crippen LogP) is 7.44. The van der Waals surface area contributed by atoms with Crippen LogP contribution in [0.1, 0.15) is 40.6 Å². The fraction of sp³-hybridized carbons (Fsp3) is 0.214. The average molecular weight is 376 g/mol. The van der Waals surface area contributed by atoms with E-state index in [0.29, 0.717) is 17.9 Å². The first-order valence-corrected chi connectivity index (χ1v) is 10.7. The summed E-state index contributed by atoms with van der Waals surface area (Å²) < 4.78 is 0. The van der Waals surface area contributed by atoms with Crippen LogP contribution in [0.4, 0.5) is 5.69 Å². The van der Waals surface area contributed by atoms with Crippen molar-refractivity contribution in [3.8, 4) is 0 Å². The summed E-state index contributed by atoms with van der Waals surface area (Å²) in [7, 11) is 0. The largest absolute Gasteiger partial charge is 0.377 e. The molecule has 0 saturated heterocycles. The van der Waals surface area contributed by atoms with Crippen LogP contribution in [0.5, 0.6) is 0 Å². The van der Waals surface area contributed by atoms with Crippen LogP contribution < -0.4 is 5.32 Å². The number of benzene rings is 4. The highest BCUT2D eigenvalue weighted by molar-refractivity contribution is 6.03. The van der Waals surface area contributed by atoms with Crippen molar-refractivity contribution >= 4 is 27.2 Å². The van der Waals surface area contributed by atoms with Crippen LogP contribution >= 0.6 is 0 Å². The zero-order chi connectivity index (χ0) is 19.5. The summed E-state index contributed by atoms with van der Waals surface area (Å²) in [4.78, 5) is 0. The zero-order valence-corrected chi connectivity index (χ0v) is 16.9. The van der Waals surface area contributed by atoms with Gasteiger partial charge in [-0.3, -0.25) is 0 Å². The Kier molecular flexibility index (Phi) is 3.61. The lowest BCUT2D eigenvalue weighted by atomic mass is 9.74. The molecule has 142 valence electrons. The number of rotatable bonds is 1. The molecule has 0 saturated carbocycles. The van der Waals surface area contributed by atoms with Crippen LogP contribution in [-0.4, -0.2) is 0 Å². The highest BCUT2D eigenvalue weighted by Gasteiger charge is 2.39. The minimum absolute atomic E-state index is 0.305. The molecular weight excluding hydrogens is 350 g/mol. The molecule has 0 spiro atoms. The fourth-order valence-corrected chi connectivity index (χ4v) is 5.74. The van der Waals surface area contributed by atoms with Gasteiger partial charge < -0.3 is 5.32 Å². The third kappa shape index (κ3) is 2.47. The van der Waals surface area contributed by atoms with Crippen molar-refractivity contribution in [3.63, 3.8) is 0 Å². The van der Waals surface area contributed by atoms with Crippen LogP contribution in [0.15, 0.2) is 78.9 Å². The van der Waals surface area contributed by atoms with E-state index in [2.05, 4.69) is 98.0 Å². The Morgan fingerprint density at radius 2 is 1.52 bits per heavy atom. The molecule has 1 nitrogen and oxygen atoms in total. The van der Waals surface area contributed by atoms with Crippen molar-refractivity contribution in [3.05, 3.63) is 101 Å². The van der Waals surface area contributed by atoms with Crippen molar-refractivity contribution in [2.24, 2.45) is 5.92 Å². The number of nitrogens with one attached hydrogen (secondary N) is 1. The average Bonchev–Trinajstić information content (AvgIpc) is 3.22. The molecule has 29 heavy (non-hydrogen) atoms. The topological polar surface area (TPSA) is 12.0 Å². The molecule has 6 rings (SSSR count).